The van der Waals surface area contributed by atoms with Gasteiger partial charge in [-0.1, -0.05) is 75.7 Å². The molecule has 0 aromatic carbocycles. The zero-order chi connectivity index (χ0) is 18.7. The predicted molar refractivity (Wildman–Crippen MR) is 113 cm³/mol. The smallest absolute Gasteiger partial charge is 0.0172 e. The van der Waals surface area contributed by atoms with E-state index in [0.29, 0.717) is 0 Å². The van der Waals surface area contributed by atoms with E-state index in [1.54, 1.807) is 22.3 Å². The van der Waals surface area contributed by atoms with Gasteiger partial charge in [0.15, 0.2) is 0 Å². The first-order valence-electron chi connectivity index (χ1n) is 11.2. The van der Waals surface area contributed by atoms with Crippen LogP contribution in [0.2, 0.25) is 0 Å². The van der Waals surface area contributed by atoms with Gasteiger partial charge in [-0.15, -0.1) is 0 Å². The van der Waals surface area contributed by atoms with Crippen LogP contribution in [0.5, 0.6) is 0 Å². The van der Waals surface area contributed by atoms with Gasteiger partial charge in [-0.3, -0.25) is 0 Å². The molecule has 6 unspecified atom stereocenters. The monoisotopic (exact) mass is 344 g/mol. The summed E-state index contributed by atoms with van der Waals surface area (Å²) in [5.41, 5.74) is 6.87. The summed E-state index contributed by atoms with van der Waals surface area (Å²) in [6.07, 6.45) is 9.85. The van der Waals surface area contributed by atoms with Crippen molar-refractivity contribution in [3.8, 4) is 0 Å². The quantitative estimate of drug-likeness (QED) is 0.307. The molecule has 2 aliphatic carbocycles. The maximum atomic E-state index is 2.55. The molecule has 0 heterocycles. The Morgan fingerprint density at radius 1 is 0.560 bits per heavy atom. The molecule has 0 fully saturated rings. The fourth-order valence-corrected chi connectivity index (χ4v) is 6.03. The minimum absolute atomic E-state index is 0.788. The third kappa shape index (κ3) is 4.25. The van der Waals surface area contributed by atoms with Crippen LogP contribution in [0.1, 0.15) is 100 Å². The van der Waals surface area contributed by atoms with Crippen LogP contribution >= 0.6 is 0 Å². The van der Waals surface area contributed by atoms with Gasteiger partial charge in [-0.05, 0) is 82.5 Å². The molecule has 0 saturated carbocycles. The lowest BCUT2D eigenvalue weighted by molar-refractivity contribution is 0.276. The van der Waals surface area contributed by atoms with Crippen molar-refractivity contribution in [2.75, 3.05) is 0 Å². The first-order chi connectivity index (χ1) is 11.8. The highest BCUT2D eigenvalue weighted by molar-refractivity contribution is 5.26. The van der Waals surface area contributed by atoms with E-state index in [0.717, 1.165) is 35.5 Å². The van der Waals surface area contributed by atoms with Crippen molar-refractivity contribution in [1.29, 1.82) is 0 Å². The van der Waals surface area contributed by atoms with Crippen molar-refractivity contribution in [3.63, 3.8) is 0 Å². The molecule has 0 heteroatoms. The SMILES string of the molecule is CCCCCCC1C(C)=C(C)C(CCC2C(C)=C(C)C(C)C2C)C1C. The average molecular weight is 345 g/mol. The Bertz CT molecular complexity index is 506. The van der Waals surface area contributed by atoms with Gasteiger partial charge in [0.1, 0.15) is 0 Å². The van der Waals surface area contributed by atoms with Gasteiger partial charge in [0, 0.05) is 0 Å². The Balaban J connectivity index is 1.94. The lowest BCUT2D eigenvalue weighted by atomic mass is 9.78. The molecular weight excluding hydrogens is 300 g/mol. The van der Waals surface area contributed by atoms with E-state index in [-0.39, 0.29) is 0 Å². The van der Waals surface area contributed by atoms with E-state index >= 15 is 0 Å². The van der Waals surface area contributed by atoms with E-state index < -0.39 is 0 Å². The van der Waals surface area contributed by atoms with Crippen molar-refractivity contribution in [2.45, 2.75) is 100 Å². The van der Waals surface area contributed by atoms with Gasteiger partial charge in [-0.2, -0.15) is 0 Å². The summed E-state index contributed by atoms with van der Waals surface area (Å²) in [5.74, 6) is 5.02. The van der Waals surface area contributed by atoms with Crippen LogP contribution in [0.4, 0.5) is 0 Å². The summed E-state index contributed by atoms with van der Waals surface area (Å²) in [5, 5.41) is 0. The van der Waals surface area contributed by atoms with Crippen molar-refractivity contribution < 1.29 is 0 Å². The molecule has 0 aliphatic heterocycles. The van der Waals surface area contributed by atoms with Crippen LogP contribution in [0.15, 0.2) is 22.3 Å². The highest BCUT2D eigenvalue weighted by Gasteiger charge is 2.38. The Kier molecular flexibility index (Phi) is 7.41. The summed E-state index contributed by atoms with van der Waals surface area (Å²) in [6, 6.07) is 0. The molecule has 0 bridgehead atoms. The van der Waals surface area contributed by atoms with Crippen LogP contribution in [0, 0.1) is 35.5 Å². The van der Waals surface area contributed by atoms with Crippen LogP contribution < -0.4 is 0 Å². The molecule has 0 saturated heterocycles. The lowest BCUT2D eigenvalue weighted by Crippen LogP contribution is -2.18. The molecule has 0 aromatic heterocycles. The van der Waals surface area contributed by atoms with Crippen molar-refractivity contribution in [2.24, 2.45) is 35.5 Å². The van der Waals surface area contributed by atoms with Gasteiger partial charge >= 0.3 is 0 Å². The Labute approximate surface area is 158 Å². The Morgan fingerprint density at radius 2 is 1.04 bits per heavy atom. The lowest BCUT2D eigenvalue weighted by Gasteiger charge is -2.27. The molecule has 6 atom stereocenters. The molecular formula is C25H44. The molecule has 2 aliphatic rings. The van der Waals surface area contributed by atoms with Crippen molar-refractivity contribution >= 4 is 0 Å². The second kappa shape index (κ2) is 8.92. The maximum absolute atomic E-state index is 2.55. The maximum Gasteiger partial charge on any atom is -0.0172 e. The van der Waals surface area contributed by atoms with E-state index in [1.807, 2.05) is 0 Å². The first-order valence-corrected chi connectivity index (χ1v) is 11.2. The van der Waals surface area contributed by atoms with Crippen LogP contribution in [-0.4, -0.2) is 0 Å². The number of unbranched alkanes of at least 4 members (excludes halogenated alkanes) is 3. The van der Waals surface area contributed by atoms with Gasteiger partial charge in [0.05, 0.1) is 0 Å². The topological polar surface area (TPSA) is 0 Å². The Morgan fingerprint density at radius 3 is 1.52 bits per heavy atom. The Hall–Kier alpha value is -0.520. The van der Waals surface area contributed by atoms with Crippen LogP contribution in [-0.2, 0) is 0 Å². The summed E-state index contributed by atoms with van der Waals surface area (Å²) in [6.45, 7) is 19.4. The van der Waals surface area contributed by atoms with E-state index in [2.05, 4.69) is 55.4 Å². The average Bonchev–Trinajstić information content (AvgIpc) is 2.90. The normalized spacial score (nSPS) is 36.0. The number of hydrogen-bond acceptors (Lipinski definition) is 0. The van der Waals surface area contributed by atoms with Gasteiger partial charge in [0.2, 0.25) is 0 Å². The molecule has 2 rings (SSSR count). The van der Waals surface area contributed by atoms with E-state index in [9.17, 15) is 0 Å². The molecule has 0 nitrogen and oxygen atoms in total. The fraction of sp³-hybridized carbons (Fsp3) is 0.840. The fourth-order valence-electron chi connectivity index (χ4n) is 6.03. The molecule has 0 N–H and O–H groups in total. The second-order valence-electron chi connectivity index (χ2n) is 9.49. The minimum Gasteiger partial charge on any atom is -0.0710 e. The zero-order valence-corrected chi connectivity index (χ0v) is 18.4. The second-order valence-corrected chi connectivity index (χ2v) is 9.49. The molecule has 0 radical (unpaired) electrons. The zero-order valence-electron chi connectivity index (χ0n) is 18.4. The third-order valence-corrected chi connectivity index (χ3v) is 8.45. The highest BCUT2D eigenvalue weighted by atomic mass is 14.4. The largest absolute Gasteiger partial charge is 0.0710 e. The van der Waals surface area contributed by atoms with Gasteiger partial charge < -0.3 is 0 Å². The molecule has 144 valence electrons. The summed E-state index contributed by atoms with van der Waals surface area (Å²) in [4.78, 5) is 0. The van der Waals surface area contributed by atoms with Crippen molar-refractivity contribution in [1.82, 2.24) is 0 Å². The third-order valence-electron chi connectivity index (χ3n) is 8.45. The number of rotatable bonds is 8. The van der Waals surface area contributed by atoms with Crippen LogP contribution in [0.3, 0.4) is 0 Å². The number of allylic oxidation sites excluding steroid dienone is 4. The van der Waals surface area contributed by atoms with E-state index in [1.165, 1.54) is 44.9 Å². The molecule has 0 spiro atoms. The van der Waals surface area contributed by atoms with Crippen LogP contribution in [0.25, 0.3) is 0 Å². The number of hydrogen-bond donors (Lipinski definition) is 0. The molecule has 25 heavy (non-hydrogen) atoms. The molecule has 0 aromatic rings. The van der Waals surface area contributed by atoms with Gasteiger partial charge in [-0.25, -0.2) is 0 Å². The van der Waals surface area contributed by atoms with Gasteiger partial charge in [0.25, 0.3) is 0 Å². The first kappa shape index (κ1) is 20.8. The standard InChI is InChI=1S/C25H44/c1-9-10-11-12-13-23-20(6)21(7)25(22(23)8)15-14-24-18(4)16(2)17(3)19(24)5/h16,18,22-25H,9-15H2,1-8H3. The molecule has 0 amide bonds. The van der Waals surface area contributed by atoms with E-state index in [4.69, 9.17) is 0 Å². The summed E-state index contributed by atoms with van der Waals surface area (Å²) >= 11 is 0. The summed E-state index contributed by atoms with van der Waals surface area (Å²) < 4.78 is 0. The van der Waals surface area contributed by atoms with Crippen molar-refractivity contribution in [3.05, 3.63) is 22.3 Å². The minimum atomic E-state index is 0.788. The highest BCUT2D eigenvalue weighted by Crippen LogP contribution is 2.49. The summed E-state index contributed by atoms with van der Waals surface area (Å²) in [7, 11) is 0. The predicted octanol–water partition coefficient (Wildman–Crippen LogP) is 8.19.